The molecule has 1 aliphatic rings. The van der Waals surface area contributed by atoms with Gasteiger partial charge in [0, 0.05) is 0 Å². The molecule has 0 saturated heterocycles. The molecule has 1 heterocycles. The second kappa shape index (κ2) is 3.07. The molecule has 0 bridgehead atoms. The van der Waals surface area contributed by atoms with E-state index in [-0.39, 0.29) is 0 Å². The second-order valence-electron chi connectivity index (χ2n) is 4.15. The molecule has 0 aromatic carbocycles. The lowest BCUT2D eigenvalue weighted by Crippen LogP contribution is -2.21. The number of hydrogen-bond acceptors (Lipinski definition) is 3. The van der Waals surface area contributed by atoms with Gasteiger partial charge in [-0.05, 0) is 32.1 Å². The van der Waals surface area contributed by atoms with Gasteiger partial charge in [-0.2, -0.15) is 0 Å². The Morgan fingerprint density at radius 1 is 1.69 bits per heavy atom. The van der Waals surface area contributed by atoms with E-state index in [0.717, 1.165) is 29.8 Å². The van der Waals surface area contributed by atoms with Crippen molar-refractivity contribution in [1.82, 2.24) is 4.98 Å². The Morgan fingerprint density at radius 3 is 2.92 bits per heavy atom. The third-order valence-electron chi connectivity index (χ3n) is 2.91. The van der Waals surface area contributed by atoms with Gasteiger partial charge < -0.3 is 5.11 Å². The molecule has 1 fully saturated rings. The minimum atomic E-state index is -0.565. The molecule has 72 valence electrons. The van der Waals surface area contributed by atoms with Crippen molar-refractivity contribution in [2.45, 2.75) is 38.7 Å². The number of thiazole rings is 1. The number of aliphatic hydroxyl groups is 1. The van der Waals surface area contributed by atoms with Crippen LogP contribution in [0.15, 0.2) is 5.51 Å². The lowest BCUT2D eigenvalue weighted by atomic mass is 9.98. The van der Waals surface area contributed by atoms with Crippen LogP contribution in [0.25, 0.3) is 0 Å². The molecule has 1 aromatic heterocycles. The fourth-order valence-corrected chi connectivity index (χ4v) is 3.16. The SMILES string of the molecule is Cc1ncsc1C1(O)CCC(C)C1. The molecule has 2 unspecified atom stereocenters. The van der Waals surface area contributed by atoms with Crippen LogP contribution < -0.4 is 0 Å². The van der Waals surface area contributed by atoms with Crippen molar-refractivity contribution in [3.8, 4) is 0 Å². The minimum absolute atomic E-state index is 0.565. The van der Waals surface area contributed by atoms with Gasteiger partial charge in [-0.15, -0.1) is 11.3 Å². The summed E-state index contributed by atoms with van der Waals surface area (Å²) in [6.45, 7) is 4.18. The van der Waals surface area contributed by atoms with Crippen molar-refractivity contribution in [2.75, 3.05) is 0 Å². The Kier molecular flexibility index (Phi) is 2.16. The van der Waals surface area contributed by atoms with Crippen LogP contribution in [0.1, 0.15) is 36.8 Å². The molecule has 2 rings (SSSR count). The van der Waals surface area contributed by atoms with E-state index < -0.39 is 5.60 Å². The Labute approximate surface area is 82.6 Å². The normalized spacial score (nSPS) is 33.9. The summed E-state index contributed by atoms with van der Waals surface area (Å²) in [4.78, 5) is 5.27. The first-order chi connectivity index (χ1) is 6.12. The summed E-state index contributed by atoms with van der Waals surface area (Å²) in [5.74, 6) is 0.645. The highest BCUT2D eigenvalue weighted by Gasteiger charge is 2.39. The topological polar surface area (TPSA) is 33.1 Å². The van der Waals surface area contributed by atoms with Gasteiger partial charge in [-0.25, -0.2) is 4.98 Å². The van der Waals surface area contributed by atoms with Crippen molar-refractivity contribution >= 4 is 11.3 Å². The predicted octanol–water partition coefficient (Wildman–Crippen LogP) is 2.46. The molecular formula is C10H15NOS. The molecule has 2 nitrogen and oxygen atoms in total. The molecule has 0 spiro atoms. The summed E-state index contributed by atoms with van der Waals surface area (Å²) in [6.07, 6.45) is 2.93. The van der Waals surface area contributed by atoms with Gasteiger partial charge in [0.15, 0.2) is 0 Å². The zero-order chi connectivity index (χ0) is 9.47. The summed E-state index contributed by atoms with van der Waals surface area (Å²) >= 11 is 1.59. The highest BCUT2D eigenvalue weighted by molar-refractivity contribution is 7.09. The van der Waals surface area contributed by atoms with Crippen LogP contribution in [-0.4, -0.2) is 10.1 Å². The van der Waals surface area contributed by atoms with Crippen LogP contribution >= 0.6 is 11.3 Å². The van der Waals surface area contributed by atoms with Crippen LogP contribution in [0.3, 0.4) is 0 Å². The van der Waals surface area contributed by atoms with E-state index in [1.54, 1.807) is 11.3 Å². The van der Waals surface area contributed by atoms with E-state index in [9.17, 15) is 5.11 Å². The highest BCUT2D eigenvalue weighted by atomic mass is 32.1. The molecule has 1 saturated carbocycles. The van der Waals surface area contributed by atoms with Gasteiger partial charge in [0.2, 0.25) is 0 Å². The van der Waals surface area contributed by atoms with Gasteiger partial charge in [0.05, 0.1) is 16.1 Å². The highest BCUT2D eigenvalue weighted by Crippen LogP contribution is 2.44. The van der Waals surface area contributed by atoms with Gasteiger partial charge in [0.1, 0.15) is 5.60 Å². The minimum Gasteiger partial charge on any atom is -0.384 e. The first-order valence-electron chi connectivity index (χ1n) is 4.75. The molecular weight excluding hydrogens is 182 g/mol. The molecule has 0 radical (unpaired) electrons. The Balaban J connectivity index is 2.30. The van der Waals surface area contributed by atoms with Crippen molar-refractivity contribution in [3.05, 3.63) is 16.1 Å². The van der Waals surface area contributed by atoms with E-state index in [1.807, 2.05) is 12.4 Å². The molecule has 2 atom stereocenters. The molecule has 1 aromatic rings. The Hall–Kier alpha value is -0.410. The predicted molar refractivity (Wildman–Crippen MR) is 53.8 cm³/mol. The number of aryl methyl sites for hydroxylation is 1. The average molecular weight is 197 g/mol. The van der Waals surface area contributed by atoms with Crippen LogP contribution in [0.4, 0.5) is 0 Å². The molecule has 3 heteroatoms. The van der Waals surface area contributed by atoms with Crippen molar-refractivity contribution in [1.29, 1.82) is 0 Å². The fraction of sp³-hybridized carbons (Fsp3) is 0.700. The zero-order valence-electron chi connectivity index (χ0n) is 8.08. The van der Waals surface area contributed by atoms with Crippen molar-refractivity contribution < 1.29 is 5.11 Å². The molecule has 0 amide bonds. The van der Waals surface area contributed by atoms with E-state index in [1.165, 1.54) is 0 Å². The van der Waals surface area contributed by atoms with Crippen LogP contribution in [0.5, 0.6) is 0 Å². The summed E-state index contributed by atoms with van der Waals surface area (Å²) in [5, 5.41) is 10.4. The van der Waals surface area contributed by atoms with Gasteiger partial charge >= 0.3 is 0 Å². The number of aromatic nitrogens is 1. The summed E-state index contributed by atoms with van der Waals surface area (Å²) < 4.78 is 0. The fourth-order valence-electron chi connectivity index (χ4n) is 2.22. The first kappa shape index (κ1) is 9.16. The first-order valence-corrected chi connectivity index (χ1v) is 5.63. The summed E-state index contributed by atoms with van der Waals surface area (Å²) in [7, 11) is 0. The van der Waals surface area contributed by atoms with E-state index in [0.29, 0.717) is 5.92 Å². The average Bonchev–Trinajstić information content (AvgIpc) is 2.59. The van der Waals surface area contributed by atoms with Crippen molar-refractivity contribution in [2.24, 2.45) is 5.92 Å². The smallest absolute Gasteiger partial charge is 0.101 e. The van der Waals surface area contributed by atoms with E-state index >= 15 is 0 Å². The maximum atomic E-state index is 10.4. The van der Waals surface area contributed by atoms with Crippen LogP contribution in [-0.2, 0) is 5.60 Å². The quantitative estimate of drug-likeness (QED) is 0.750. The largest absolute Gasteiger partial charge is 0.384 e. The maximum absolute atomic E-state index is 10.4. The third-order valence-corrected chi connectivity index (χ3v) is 4.03. The standard InChI is InChI=1S/C10H15NOS/c1-7-3-4-10(12,5-7)9-8(2)11-6-13-9/h6-7,12H,3-5H2,1-2H3. The molecule has 1 N–H and O–H groups in total. The lowest BCUT2D eigenvalue weighted by molar-refractivity contribution is 0.0437. The van der Waals surface area contributed by atoms with Gasteiger partial charge in [0.25, 0.3) is 0 Å². The monoisotopic (exact) mass is 197 g/mol. The van der Waals surface area contributed by atoms with E-state index in [4.69, 9.17) is 0 Å². The third kappa shape index (κ3) is 1.51. The zero-order valence-corrected chi connectivity index (χ0v) is 8.90. The maximum Gasteiger partial charge on any atom is 0.101 e. The Morgan fingerprint density at radius 2 is 2.46 bits per heavy atom. The number of rotatable bonds is 1. The van der Waals surface area contributed by atoms with E-state index in [2.05, 4.69) is 11.9 Å². The van der Waals surface area contributed by atoms with Crippen molar-refractivity contribution in [3.63, 3.8) is 0 Å². The number of nitrogens with zero attached hydrogens (tertiary/aromatic N) is 1. The summed E-state index contributed by atoms with van der Waals surface area (Å²) in [5.41, 5.74) is 2.26. The van der Waals surface area contributed by atoms with Crippen LogP contribution in [0, 0.1) is 12.8 Å². The van der Waals surface area contributed by atoms with Crippen LogP contribution in [0.2, 0.25) is 0 Å². The van der Waals surface area contributed by atoms with Gasteiger partial charge in [-0.1, -0.05) is 6.92 Å². The molecule has 13 heavy (non-hydrogen) atoms. The molecule has 0 aliphatic heterocycles. The lowest BCUT2D eigenvalue weighted by Gasteiger charge is -2.21. The Bertz CT molecular complexity index is 310. The number of hydrogen-bond donors (Lipinski definition) is 1. The van der Waals surface area contributed by atoms with Gasteiger partial charge in [-0.3, -0.25) is 0 Å². The molecule has 1 aliphatic carbocycles. The second-order valence-corrected chi connectivity index (χ2v) is 5.00. The summed E-state index contributed by atoms with van der Waals surface area (Å²) in [6, 6.07) is 0.